The lowest BCUT2D eigenvalue weighted by Crippen LogP contribution is -2.38. The molecule has 1 N–H and O–H groups in total. The number of halogens is 1. The van der Waals surface area contributed by atoms with Gasteiger partial charge >= 0.3 is 0 Å². The second kappa shape index (κ2) is 7.68. The quantitative estimate of drug-likeness (QED) is 0.854. The van der Waals surface area contributed by atoms with Gasteiger partial charge in [-0.1, -0.05) is 41.9 Å². The number of aryl methyl sites for hydroxylation is 1. The van der Waals surface area contributed by atoms with Crippen molar-refractivity contribution < 1.29 is 13.2 Å². The molecule has 0 saturated carbocycles. The molecule has 0 unspecified atom stereocenters. The molecule has 0 aliphatic heterocycles. The number of anilines is 1. The van der Waals surface area contributed by atoms with Gasteiger partial charge in [-0.2, -0.15) is 0 Å². The topological polar surface area (TPSA) is 66.5 Å². The first-order valence-electron chi connectivity index (χ1n) is 7.37. The van der Waals surface area contributed by atoms with Gasteiger partial charge in [0.15, 0.2) is 0 Å². The number of amides is 1. The lowest BCUT2D eigenvalue weighted by atomic mass is 10.2. The minimum absolute atomic E-state index is 0.139. The van der Waals surface area contributed by atoms with Gasteiger partial charge in [-0.05, 0) is 30.7 Å². The molecule has 0 bridgehead atoms. The minimum Gasteiger partial charge on any atom is -0.350 e. The third-order valence-corrected chi connectivity index (χ3v) is 5.01. The zero-order valence-corrected chi connectivity index (χ0v) is 15.1. The van der Waals surface area contributed by atoms with Crippen molar-refractivity contribution in [2.24, 2.45) is 0 Å². The Morgan fingerprint density at radius 3 is 2.38 bits per heavy atom. The number of carbonyl (C=O) groups excluding carboxylic acids is 1. The Labute approximate surface area is 147 Å². The SMILES string of the molecule is Cc1ccccc1N(CCNC(=O)c1ccccc1Cl)S(C)(=O)=O. The van der Waals surface area contributed by atoms with E-state index in [0.29, 0.717) is 16.3 Å². The van der Waals surface area contributed by atoms with Crippen LogP contribution in [0.4, 0.5) is 5.69 Å². The van der Waals surface area contributed by atoms with Gasteiger partial charge < -0.3 is 5.32 Å². The molecular formula is C17H19ClN2O3S. The van der Waals surface area contributed by atoms with Gasteiger partial charge in [-0.25, -0.2) is 8.42 Å². The molecule has 0 aliphatic rings. The fourth-order valence-electron chi connectivity index (χ4n) is 2.32. The maximum Gasteiger partial charge on any atom is 0.252 e. The fraction of sp³-hybridized carbons (Fsp3) is 0.235. The molecule has 2 aromatic carbocycles. The Kier molecular flexibility index (Phi) is 5.85. The molecule has 0 spiro atoms. The number of para-hydroxylation sites is 1. The summed E-state index contributed by atoms with van der Waals surface area (Å²) >= 11 is 5.98. The minimum atomic E-state index is -3.46. The summed E-state index contributed by atoms with van der Waals surface area (Å²) in [5.41, 5.74) is 1.81. The maximum absolute atomic E-state index is 12.1. The standard InChI is InChI=1S/C17H19ClN2O3S/c1-13-7-3-6-10-16(13)20(24(2,22)23)12-11-19-17(21)14-8-4-5-9-15(14)18/h3-10H,11-12H2,1-2H3,(H,19,21). The molecule has 24 heavy (non-hydrogen) atoms. The number of nitrogens with zero attached hydrogens (tertiary/aromatic N) is 1. The molecule has 0 saturated heterocycles. The zero-order valence-electron chi connectivity index (χ0n) is 13.5. The van der Waals surface area contributed by atoms with Crippen molar-refractivity contribution in [1.29, 1.82) is 0 Å². The molecule has 0 radical (unpaired) electrons. The lowest BCUT2D eigenvalue weighted by Gasteiger charge is -2.24. The van der Waals surface area contributed by atoms with E-state index in [9.17, 15) is 13.2 Å². The van der Waals surface area contributed by atoms with Crippen LogP contribution in [0.25, 0.3) is 0 Å². The van der Waals surface area contributed by atoms with Gasteiger partial charge in [0.05, 0.1) is 29.1 Å². The number of nitrogens with one attached hydrogen (secondary N) is 1. The first-order chi connectivity index (χ1) is 11.3. The Bertz CT molecular complexity index is 837. The summed E-state index contributed by atoms with van der Waals surface area (Å²) in [4.78, 5) is 12.1. The highest BCUT2D eigenvalue weighted by atomic mass is 35.5. The highest BCUT2D eigenvalue weighted by molar-refractivity contribution is 7.92. The van der Waals surface area contributed by atoms with Crippen LogP contribution in [-0.4, -0.2) is 33.7 Å². The van der Waals surface area contributed by atoms with Gasteiger partial charge in [0.2, 0.25) is 10.0 Å². The van der Waals surface area contributed by atoms with E-state index in [4.69, 9.17) is 11.6 Å². The molecular weight excluding hydrogens is 348 g/mol. The van der Waals surface area contributed by atoms with E-state index in [1.807, 2.05) is 19.1 Å². The molecule has 0 heterocycles. The van der Waals surface area contributed by atoms with Crippen molar-refractivity contribution >= 4 is 33.2 Å². The normalized spacial score (nSPS) is 11.1. The average Bonchev–Trinajstić information content (AvgIpc) is 2.52. The molecule has 7 heteroatoms. The van der Waals surface area contributed by atoms with Crippen LogP contribution in [0.1, 0.15) is 15.9 Å². The van der Waals surface area contributed by atoms with Gasteiger partial charge in [-0.3, -0.25) is 9.10 Å². The number of sulfonamides is 1. The van der Waals surface area contributed by atoms with Crippen LogP contribution < -0.4 is 9.62 Å². The smallest absolute Gasteiger partial charge is 0.252 e. The molecule has 128 valence electrons. The second-order valence-corrected chi connectivity index (χ2v) is 7.67. The van der Waals surface area contributed by atoms with Crippen LogP contribution in [0.5, 0.6) is 0 Å². The molecule has 0 atom stereocenters. The third kappa shape index (κ3) is 4.49. The van der Waals surface area contributed by atoms with Crippen molar-refractivity contribution in [3.8, 4) is 0 Å². The number of benzene rings is 2. The van der Waals surface area contributed by atoms with E-state index in [-0.39, 0.29) is 19.0 Å². The van der Waals surface area contributed by atoms with Crippen molar-refractivity contribution in [3.05, 3.63) is 64.7 Å². The van der Waals surface area contributed by atoms with E-state index in [0.717, 1.165) is 11.8 Å². The molecule has 0 aliphatic carbocycles. The van der Waals surface area contributed by atoms with Gasteiger partial charge in [0.1, 0.15) is 0 Å². The van der Waals surface area contributed by atoms with Crippen molar-refractivity contribution in [3.63, 3.8) is 0 Å². The maximum atomic E-state index is 12.1. The van der Waals surface area contributed by atoms with Crippen LogP contribution in [0, 0.1) is 6.92 Å². The molecule has 0 fully saturated rings. The summed E-state index contributed by atoms with van der Waals surface area (Å²) in [6.45, 7) is 2.15. The van der Waals surface area contributed by atoms with Gasteiger partial charge in [0.25, 0.3) is 5.91 Å². The van der Waals surface area contributed by atoms with Crippen LogP contribution >= 0.6 is 11.6 Å². The summed E-state index contributed by atoms with van der Waals surface area (Å²) in [6, 6.07) is 13.9. The van der Waals surface area contributed by atoms with E-state index in [1.54, 1.807) is 36.4 Å². The number of carbonyl (C=O) groups is 1. The summed E-state index contributed by atoms with van der Waals surface area (Å²) in [6.07, 6.45) is 1.15. The lowest BCUT2D eigenvalue weighted by molar-refractivity contribution is 0.0955. The fourth-order valence-corrected chi connectivity index (χ4v) is 3.53. The van der Waals surface area contributed by atoms with E-state index >= 15 is 0 Å². The highest BCUT2D eigenvalue weighted by Crippen LogP contribution is 2.21. The van der Waals surface area contributed by atoms with Crippen LogP contribution in [0.3, 0.4) is 0 Å². The molecule has 5 nitrogen and oxygen atoms in total. The van der Waals surface area contributed by atoms with E-state index in [2.05, 4.69) is 5.32 Å². The molecule has 2 aromatic rings. The van der Waals surface area contributed by atoms with E-state index < -0.39 is 10.0 Å². The van der Waals surface area contributed by atoms with Crippen LogP contribution in [0.15, 0.2) is 48.5 Å². The molecule has 2 rings (SSSR count). The van der Waals surface area contributed by atoms with E-state index in [1.165, 1.54) is 4.31 Å². The van der Waals surface area contributed by atoms with Crippen LogP contribution in [0.2, 0.25) is 5.02 Å². The Morgan fingerprint density at radius 1 is 1.12 bits per heavy atom. The Hall–Kier alpha value is -2.05. The summed E-state index contributed by atoms with van der Waals surface area (Å²) in [5, 5.41) is 3.06. The molecule has 0 aromatic heterocycles. The van der Waals surface area contributed by atoms with Crippen molar-refractivity contribution in [1.82, 2.24) is 5.32 Å². The predicted octanol–water partition coefficient (Wildman–Crippen LogP) is 2.84. The monoisotopic (exact) mass is 366 g/mol. The van der Waals surface area contributed by atoms with Gasteiger partial charge in [-0.15, -0.1) is 0 Å². The van der Waals surface area contributed by atoms with Gasteiger partial charge in [0, 0.05) is 6.54 Å². The first-order valence-corrected chi connectivity index (χ1v) is 9.59. The Morgan fingerprint density at radius 2 is 1.75 bits per heavy atom. The summed E-state index contributed by atoms with van der Waals surface area (Å²) in [7, 11) is -3.46. The number of hydrogen-bond acceptors (Lipinski definition) is 3. The number of hydrogen-bond donors (Lipinski definition) is 1. The zero-order chi connectivity index (χ0) is 17.7. The highest BCUT2D eigenvalue weighted by Gasteiger charge is 2.19. The first kappa shape index (κ1) is 18.3. The second-order valence-electron chi connectivity index (χ2n) is 5.36. The summed E-state index contributed by atoms with van der Waals surface area (Å²) in [5.74, 6) is -0.334. The summed E-state index contributed by atoms with van der Waals surface area (Å²) < 4.78 is 25.4. The predicted molar refractivity (Wildman–Crippen MR) is 97.2 cm³/mol. The van der Waals surface area contributed by atoms with Crippen LogP contribution in [-0.2, 0) is 10.0 Å². The third-order valence-electron chi connectivity index (χ3n) is 3.50. The number of rotatable bonds is 6. The average molecular weight is 367 g/mol. The largest absolute Gasteiger partial charge is 0.350 e. The molecule has 1 amide bonds. The Balaban J connectivity index is 2.09. The van der Waals surface area contributed by atoms with Crippen molar-refractivity contribution in [2.45, 2.75) is 6.92 Å². The van der Waals surface area contributed by atoms with Crippen molar-refractivity contribution in [2.75, 3.05) is 23.7 Å².